The second kappa shape index (κ2) is 9.04. The predicted molar refractivity (Wildman–Crippen MR) is 111 cm³/mol. The van der Waals surface area contributed by atoms with Gasteiger partial charge in [0, 0.05) is 19.8 Å². The van der Waals surface area contributed by atoms with E-state index in [-0.39, 0.29) is 23.8 Å². The average Bonchev–Trinajstić information content (AvgIpc) is 3.25. The number of benzene rings is 1. The van der Waals surface area contributed by atoms with Crippen LogP contribution in [0, 0.1) is 6.92 Å². The molecule has 0 saturated carbocycles. The van der Waals surface area contributed by atoms with Crippen LogP contribution >= 0.6 is 22.9 Å². The molecule has 3 aromatic rings. The lowest BCUT2D eigenvalue weighted by molar-refractivity contribution is -0.121. The van der Waals surface area contributed by atoms with Gasteiger partial charge >= 0.3 is 0 Å². The fourth-order valence-corrected chi connectivity index (χ4v) is 4.83. The van der Waals surface area contributed by atoms with E-state index in [1.807, 2.05) is 37.3 Å². The SMILES string of the molecule is Cc1nc(CC(=O)NC(CNS(=O)(=O)c2cnn(C)c2)c2ccccc2)c(Cl)s1. The Morgan fingerprint density at radius 1 is 1.31 bits per heavy atom. The lowest BCUT2D eigenvalue weighted by Gasteiger charge is -2.19. The summed E-state index contributed by atoms with van der Waals surface area (Å²) in [6.45, 7) is 1.80. The van der Waals surface area contributed by atoms with Gasteiger partial charge in [0.05, 0.1) is 29.4 Å². The van der Waals surface area contributed by atoms with Gasteiger partial charge in [0.1, 0.15) is 9.23 Å². The molecule has 1 atom stereocenters. The smallest absolute Gasteiger partial charge is 0.243 e. The first kappa shape index (κ1) is 21.4. The van der Waals surface area contributed by atoms with E-state index < -0.39 is 16.1 Å². The molecule has 1 amide bonds. The molecular formula is C18H20ClN5O3S2. The normalized spacial score (nSPS) is 12.7. The maximum Gasteiger partial charge on any atom is 0.243 e. The molecule has 0 aliphatic heterocycles. The van der Waals surface area contributed by atoms with Crippen molar-refractivity contribution in [2.75, 3.05) is 6.54 Å². The molecule has 0 aliphatic carbocycles. The zero-order chi connectivity index (χ0) is 21.0. The van der Waals surface area contributed by atoms with Gasteiger partial charge in [0.2, 0.25) is 15.9 Å². The Hall–Kier alpha value is -2.27. The topological polar surface area (TPSA) is 106 Å². The van der Waals surface area contributed by atoms with Gasteiger partial charge in [-0.1, -0.05) is 41.9 Å². The minimum Gasteiger partial charge on any atom is -0.348 e. The molecule has 29 heavy (non-hydrogen) atoms. The number of aromatic nitrogens is 3. The fourth-order valence-electron chi connectivity index (χ4n) is 2.70. The number of aryl methyl sites for hydroxylation is 2. The van der Waals surface area contributed by atoms with Crippen LogP contribution in [-0.4, -0.2) is 35.6 Å². The van der Waals surface area contributed by atoms with Gasteiger partial charge in [0.15, 0.2) is 0 Å². The maximum absolute atomic E-state index is 12.6. The van der Waals surface area contributed by atoms with Crippen molar-refractivity contribution in [1.29, 1.82) is 0 Å². The zero-order valence-corrected chi connectivity index (χ0v) is 18.2. The second-order valence-electron chi connectivity index (χ2n) is 6.36. The summed E-state index contributed by atoms with van der Waals surface area (Å²) in [7, 11) is -2.12. The second-order valence-corrected chi connectivity index (χ2v) is 9.93. The number of rotatable bonds is 8. The number of hydrogen-bond acceptors (Lipinski definition) is 6. The monoisotopic (exact) mass is 453 g/mol. The molecule has 0 fully saturated rings. The molecule has 11 heteroatoms. The number of carbonyl (C=O) groups excluding carboxylic acids is 1. The molecule has 1 unspecified atom stereocenters. The molecule has 0 bridgehead atoms. The van der Waals surface area contributed by atoms with Crippen LogP contribution in [0.1, 0.15) is 22.3 Å². The molecule has 8 nitrogen and oxygen atoms in total. The van der Waals surface area contributed by atoms with Crippen molar-refractivity contribution in [2.24, 2.45) is 7.05 Å². The maximum atomic E-state index is 12.6. The van der Waals surface area contributed by atoms with Crippen LogP contribution in [0.4, 0.5) is 0 Å². The lowest BCUT2D eigenvalue weighted by Crippen LogP contribution is -2.38. The Balaban J connectivity index is 1.73. The van der Waals surface area contributed by atoms with Gasteiger partial charge in [-0.3, -0.25) is 9.48 Å². The number of hydrogen-bond donors (Lipinski definition) is 2. The third-order valence-electron chi connectivity index (χ3n) is 4.09. The van der Waals surface area contributed by atoms with Crippen molar-refractivity contribution in [3.8, 4) is 0 Å². The molecule has 3 rings (SSSR count). The third-order valence-corrected chi connectivity index (χ3v) is 6.72. The summed E-state index contributed by atoms with van der Waals surface area (Å²) >= 11 is 7.42. The highest BCUT2D eigenvalue weighted by atomic mass is 35.5. The molecule has 0 spiro atoms. The minimum absolute atomic E-state index is 0.0157. The highest BCUT2D eigenvalue weighted by molar-refractivity contribution is 7.89. The number of thiazole rings is 1. The molecule has 2 heterocycles. The standard InChI is InChI=1S/C18H20ClN5O3S2/c1-12-22-15(18(19)28-12)8-17(25)23-16(13-6-4-3-5-7-13)10-21-29(26,27)14-9-20-24(2)11-14/h3-7,9,11,16,21H,8,10H2,1-2H3,(H,23,25). The van der Waals surface area contributed by atoms with E-state index >= 15 is 0 Å². The molecule has 154 valence electrons. The van der Waals surface area contributed by atoms with Crippen LogP contribution in [-0.2, 0) is 28.3 Å². The van der Waals surface area contributed by atoms with E-state index in [1.165, 1.54) is 28.4 Å². The predicted octanol–water partition coefficient (Wildman–Crippen LogP) is 2.22. The van der Waals surface area contributed by atoms with Gasteiger partial charge in [-0.2, -0.15) is 5.10 Å². The van der Waals surface area contributed by atoms with E-state index in [1.54, 1.807) is 7.05 Å². The number of carbonyl (C=O) groups is 1. The summed E-state index contributed by atoms with van der Waals surface area (Å²) in [6, 6.07) is 8.58. The Morgan fingerprint density at radius 2 is 2.03 bits per heavy atom. The molecule has 1 aromatic carbocycles. The summed E-state index contributed by atoms with van der Waals surface area (Å²) in [5.74, 6) is -0.299. The fraction of sp³-hybridized carbons (Fsp3) is 0.278. The number of nitrogens with zero attached hydrogens (tertiary/aromatic N) is 3. The van der Waals surface area contributed by atoms with Crippen molar-refractivity contribution in [3.05, 3.63) is 63.3 Å². The van der Waals surface area contributed by atoms with Crippen molar-refractivity contribution in [2.45, 2.75) is 24.3 Å². The molecular weight excluding hydrogens is 434 g/mol. The third kappa shape index (κ3) is 5.63. The van der Waals surface area contributed by atoms with E-state index in [2.05, 4.69) is 20.1 Å². The molecule has 0 aliphatic rings. The van der Waals surface area contributed by atoms with Crippen LogP contribution in [0.25, 0.3) is 0 Å². The highest BCUT2D eigenvalue weighted by Crippen LogP contribution is 2.24. The molecule has 2 aromatic heterocycles. The number of halogens is 1. The van der Waals surface area contributed by atoms with E-state index in [9.17, 15) is 13.2 Å². The zero-order valence-electron chi connectivity index (χ0n) is 15.8. The summed E-state index contributed by atoms with van der Waals surface area (Å²) in [4.78, 5) is 16.9. The number of nitrogens with one attached hydrogen (secondary N) is 2. The van der Waals surface area contributed by atoms with Gasteiger partial charge < -0.3 is 5.32 Å². The first-order chi connectivity index (χ1) is 13.7. The van der Waals surface area contributed by atoms with Crippen molar-refractivity contribution >= 4 is 38.9 Å². The van der Waals surface area contributed by atoms with Gasteiger partial charge in [0.25, 0.3) is 0 Å². The Kier molecular flexibility index (Phi) is 6.68. The highest BCUT2D eigenvalue weighted by Gasteiger charge is 2.22. The first-order valence-corrected chi connectivity index (χ1v) is 11.4. The Bertz CT molecular complexity index is 1100. The van der Waals surface area contributed by atoms with Crippen molar-refractivity contribution < 1.29 is 13.2 Å². The summed E-state index contributed by atoms with van der Waals surface area (Å²) in [6.07, 6.45) is 2.69. The van der Waals surface area contributed by atoms with Gasteiger partial charge in [-0.05, 0) is 12.5 Å². The average molecular weight is 454 g/mol. The Labute approximate surface area is 178 Å². The van der Waals surface area contributed by atoms with E-state index in [4.69, 9.17) is 11.6 Å². The van der Waals surface area contributed by atoms with Crippen LogP contribution in [0.15, 0.2) is 47.6 Å². The molecule has 2 N–H and O–H groups in total. The summed E-state index contributed by atoms with van der Waals surface area (Å²) in [5.41, 5.74) is 1.28. The van der Waals surface area contributed by atoms with Crippen LogP contribution in [0.5, 0.6) is 0 Å². The van der Waals surface area contributed by atoms with E-state index in [0.29, 0.717) is 10.0 Å². The summed E-state index contributed by atoms with van der Waals surface area (Å²) < 4.78 is 29.4. The largest absolute Gasteiger partial charge is 0.348 e. The van der Waals surface area contributed by atoms with Crippen molar-refractivity contribution in [1.82, 2.24) is 24.8 Å². The first-order valence-electron chi connectivity index (χ1n) is 8.69. The van der Waals surface area contributed by atoms with Crippen LogP contribution < -0.4 is 10.0 Å². The van der Waals surface area contributed by atoms with Crippen molar-refractivity contribution in [3.63, 3.8) is 0 Å². The lowest BCUT2D eigenvalue weighted by atomic mass is 10.1. The quantitative estimate of drug-likeness (QED) is 0.544. The minimum atomic E-state index is -3.76. The van der Waals surface area contributed by atoms with Gasteiger partial charge in [-0.25, -0.2) is 18.1 Å². The molecule has 0 radical (unpaired) electrons. The number of amides is 1. The van der Waals surface area contributed by atoms with Gasteiger partial charge in [-0.15, -0.1) is 11.3 Å². The van der Waals surface area contributed by atoms with Crippen LogP contribution in [0.3, 0.4) is 0 Å². The van der Waals surface area contributed by atoms with Crippen LogP contribution in [0.2, 0.25) is 4.34 Å². The van der Waals surface area contributed by atoms with E-state index in [0.717, 1.165) is 10.6 Å². The number of sulfonamides is 1. The molecule has 0 saturated heterocycles. The summed E-state index contributed by atoms with van der Waals surface area (Å²) in [5, 5.41) is 7.53. The Morgan fingerprint density at radius 3 is 2.62 bits per heavy atom.